The molecule has 3 heteroatoms. The predicted octanol–water partition coefficient (Wildman–Crippen LogP) is 3.27. The van der Waals surface area contributed by atoms with E-state index in [9.17, 15) is 0 Å². The van der Waals surface area contributed by atoms with Crippen molar-refractivity contribution >= 4 is 11.3 Å². The van der Waals surface area contributed by atoms with E-state index in [1.165, 1.54) is 55.1 Å². The minimum atomic E-state index is 0.760. The Morgan fingerprint density at radius 1 is 1.22 bits per heavy atom. The summed E-state index contributed by atoms with van der Waals surface area (Å²) in [6.07, 6.45) is 5.04. The lowest BCUT2D eigenvalue weighted by atomic mass is 10.0. The monoisotopic (exact) mass is 266 g/mol. The molecule has 18 heavy (non-hydrogen) atoms. The third-order valence-electron chi connectivity index (χ3n) is 3.72. The second-order valence-corrected chi connectivity index (χ2v) is 6.48. The van der Waals surface area contributed by atoms with Gasteiger partial charge in [-0.15, -0.1) is 11.3 Å². The topological polar surface area (TPSA) is 15.3 Å². The second-order valence-electron chi connectivity index (χ2n) is 5.23. The highest BCUT2D eigenvalue weighted by Gasteiger charge is 2.18. The van der Waals surface area contributed by atoms with Crippen LogP contribution in [0.15, 0.2) is 12.1 Å². The normalized spacial score (nSPS) is 18.3. The molecule has 1 aromatic rings. The summed E-state index contributed by atoms with van der Waals surface area (Å²) in [6, 6.07) is 5.36. The Morgan fingerprint density at radius 3 is 2.56 bits per heavy atom. The van der Waals surface area contributed by atoms with E-state index in [1.807, 2.05) is 11.3 Å². The van der Waals surface area contributed by atoms with Gasteiger partial charge in [0.2, 0.25) is 0 Å². The Labute approximate surface area is 115 Å². The summed E-state index contributed by atoms with van der Waals surface area (Å²) in [7, 11) is 0. The van der Waals surface area contributed by atoms with Gasteiger partial charge in [0.25, 0.3) is 0 Å². The number of piperidine rings is 1. The highest BCUT2D eigenvalue weighted by molar-refractivity contribution is 7.11. The molecule has 0 saturated carbocycles. The highest BCUT2D eigenvalue weighted by Crippen LogP contribution is 2.20. The molecule has 2 heterocycles. The Kier molecular flexibility index (Phi) is 5.67. The fourth-order valence-electron chi connectivity index (χ4n) is 2.56. The van der Waals surface area contributed by atoms with Crippen LogP contribution in [0.4, 0.5) is 0 Å². The zero-order valence-electron chi connectivity index (χ0n) is 11.7. The summed E-state index contributed by atoms with van der Waals surface area (Å²) in [4.78, 5) is 5.66. The van der Waals surface area contributed by atoms with Gasteiger partial charge in [0.05, 0.1) is 0 Å². The first-order chi connectivity index (χ1) is 8.81. The molecule has 2 nitrogen and oxygen atoms in total. The van der Waals surface area contributed by atoms with E-state index >= 15 is 0 Å². The van der Waals surface area contributed by atoms with E-state index in [0.717, 1.165) is 12.6 Å². The van der Waals surface area contributed by atoms with Crippen molar-refractivity contribution in [2.75, 3.05) is 19.6 Å². The van der Waals surface area contributed by atoms with E-state index in [0.29, 0.717) is 0 Å². The second kappa shape index (κ2) is 7.27. The lowest BCUT2D eigenvalue weighted by Gasteiger charge is -2.32. The van der Waals surface area contributed by atoms with Crippen molar-refractivity contribution in [3.63, 3.8) is 0 Å². The lowest BCUT2D eigenvalue weighted by molar-refractivity contribution is 0.192. The summed E-state index contributed by atoms with van der Waals surface area (Å²) in [5.41, 5.74) is 0. The zero-order valence-corrected chi connectivity index (χ0v) is 12.6. The molecule has 0 aromatic carbocycles. The number of likely N-dealkylation sites (tertiary alicyclic amines) is 1. The molecule has 0 aliphatic carbocycles. The van der Waals surface area contributed by atoms with Gasteiger partial charge in [0.15, 0.2) is 0 Å². The van der Waals surface area contributed by atoms with Crippen LogP contribution in [0.1, 0.15) is 42.9 Å². The molecule has 0 radical (unpaired) electrons. The van der Waals surface area contributed by atoms with E-state index in [1.54, 1.807) is 0 Å². The number of hydrogen-bond donors (Lipinski definition) is 1. The maximum Gasteiger partial charge on any atom is 0.0328 e. The maximum absolute atomic E-state index is 3.64. The number of hydrogen-bond acceptors (Lipinski definition) is 3. The number of rotatable bonds is 6. The van der Waals surface area contributed by atoms with Gasteiger partial charge in [-0.2, -0.15) is 0 Å². The SMILES string of the molecule is CCCNC1CCN(Cc2ccc(CC)s2)CC1. The first kappa shape index (κ1) is 14.0. The van der Waals surface area contributed by atoms with Gasteiger partial charge in [-0.1, -0.05) is 13.8 Å². The van der Waals surface area contributed by atoms with Crippen LogP contribution in [0.3, 0.4) is 0 Å². The average molecular weight is 266 g/mol. The number of aryl methyl sites for hydroxylation is 1. The van der Waals surface area contributed by atoms with Crippen LogP contribution in [-0.4, -0.2) is 30.6 Å². The van der Waals surface area contributed by atoms with Crippen molar-refractivity contribution in [2.24, 2.45) is 0 Å². The molecule has 0 unspecified atom stereocenters. The van der Waals surface area contributed by atoms with Gasteiger partial charge < -0.3 is 5.32 Å². The van der Waals surface area contributed by atoms with Crippen molar-refractivity contribution in [1.29, 1.82) is 0 Å². The van der Waals surface area contributed by atoms with Crippen molar-refractivity contribution in [1.82, 2.24) is 10.2 Å². The van der Waals surface area contributed by atoms with E-state index < -0.39 is 0 Å². The molecule has 1 N–H and O–H groups in total. The first-order valence-corrected chi connectivity index (χ1v) is 8.16. The Morgan fingerprint density at radius 2 is 1.94 bits per heavy atom. The molecule has 102 valence electrons. The Hall–Kier alpha value is -0.380. The lowest BCUT2D eigenvalue weighted by Crippen LogP contribution is -2.42. The molecule has 1 aliphatic rings. The third-order valence-corrected chi connectivity index (χ3v) is 4.93. The molecule has 0 amide bonds. The Bertz CT molecular complexity index is 340. The summed E-state index contributed by atoms with van der Waals surface area (Å²) < 4.78 is 0. The number of thiophene rings is 1. The van der Waals surface area contributed by atoms with Crippen LogP contribution in [0.25, 0.3) is 0 Å². The number of nitrogens with one attached hydrogen (secondary N) is 1. The number of nitrogens with zero attached hydrogens (tertiary/aromatic N) is 1. The fourth-order valence-corrected chi connectivity index (χ4v) is 3.56. The Balaban J connectivity index is 1.73. The quantitative estimate of drug-likeness (QED) is 0.850. The van der Waals surface area contributed by atoms with Crippen LogP contribution >= 0.6 is 11.3 Å². The average Bonchev–Trinajstić information content (AvgIpc) is 2.86. The van der Waals surface area contributed by atoms with Gasteiger partial charge in [-0.05, 0) is 57.5 Å². The van der Waals surface area contributed by atoms with Gasteiger partial charge in [-0.25, -0.2) is 0 Å². The van der Waals surface area contributed by atoms with Crippen molar-refractivity contribution in [3.05, 3.63) is 21.9 Å². The van der Waals surface area contributed by atoms with Gasteiger partial charge >= 0.3 is 0 Å². The predicted molar refractivity (Wildman–Crippen MR) is 80.3 cm³/mol. The van der Waals surface area contributed by atoms with Gasteiger partial charge in [-0.3, -0.25) is 4.90 Å². The van der Waals surface area contributed by atoms with Crippen molar-refractivity contribution in [3.8, 4) is 0 Å². The summed E-state index contributed by atoms with van der Waals surface area (Å²) in [5.74, 6) is 0. The van der Waals surface area contributed by atoms with Crippen molar-refractivity contribution in [2.45, 2.75) is 52.1 Å². The van der Waals surface area contributed by atoms with Crippen LogP contribution in [0.2, 0.25) is 0 Å². The standard InChI is InChI=1S/C15H26N2S/c1-3-9-16-13-7-10-17(11-8-13)12-15-6-5-14(4-2)18-15/h5-6,13,16H,3-4,7-12H2,1-2H3. The third kappa shape index (κ3) is 4.08. The largest absolute Gasteiger partial charge is 0.314 e. The molecule has 1 aromatic heterocycles. The van der Waals surface area contributed by atoms with Crippen LogP contribution in [-0.2, 0) is 13.0 Å². The zero-order chi connectivity index (χ0) is 12.8. The summed E-state index contributed by atoms with van der Waals surface area (Å²) in [6.45, 7) is 9.31. The molecular weight excluding hydrogens is 240 g/mol. The van der Waals surface area contributed by atoms with E-state index in [4.69, 9.17) is 0 Å². The summed E-state index contributed by atoms with van der Waals surface area (Å²) in [5, 5.41) is 3.64. The van der Waals surface area contributed by atoms with E-state index in [-0.39, 0.29) is 0 Å². The van der Waals surface area contributed by atoms with Crippen molar-refractivity contribution < 1.29 is 0 Å². The first-order valence-electron chi connectivity index (χ1n) is 7.35. The molecule has 1 fully saturated rings. The van der Waals surface area contributed by atoms with Crippen LogP contribution in [0, 0.1) is 0 Å². The minimum Gasteiger partial charge on any atom is -0.314 e. The minimum absolute atomic E-state index is 0.760. The molecule has 1 saturated heterocycles. The highest BCUT2D eigenvalue weighted by atomic mass is 32.1. The molecular formula is C15H26N2S. The smallest absolute Gasteiger partial charge is 0.0328 e. The maximum atomic E-state index is 3.64. The van der Waals surface area contributed by atoms with E-state index in [2.05, 4.69) is 36.2 Å². The van der Waals surface area contributed by atoms with Crippen LogP contribution < -0.4 is 5.32 Å². The van der Waals surface area contributed by atoms with Crippen LogP contribution in [0.5, 0.6) is 0 Å². The molecule has 2 rings (SSSR count). The van der Waals surface area contributed by atoms with Gasteiger partial charge in [0.1, 0.15) is 0 Å². The van der Waals surface area contributed by atoms with Gasteiger partial charge in [0, 0.05) is 22.3 Å². The molecule has 0 bridgehead atoms. The fraction of sp³-hybridized carbons (Fsp3) is 0.733. The molecule has 0 atom stereocenters. The molecule has 0 spiro atoms. The molecule has 1 aliphatic heterocycles. The summed E-state index contributed by atoms with van der Waals surface area (Å²) >= 11 is 1.98.